The van der Waals surface area contributed by atoms with Gasteiger partial charge in [0.2, 0.25) is 0 Å². The van der Waals surface area contributed by atoms with Crippen LogP contribution in [0.15, 0.2) is 53.0 Å². The van der Waals surface area contributed by atoms with E-state index in [0.29, 0.717) is 0 Å². The molecule has 116 valence electrons. The monoisotopic (exact) mass is 379 g/mol. The molecule has 0 radical (unpaired) electrons. The number of hydrogen-bond acceptors (Lipinski definition) is 2. The van der Waals surface area contributed by atoms with E-state index in [1.54, 1.807) is 0 Å². The highest BCUT2D eigenvalue weighted by atomic mass is 79.9. The van der Waals surface area contributed by atoms with Crippen LogP contribution in [0.5, 0.6) is 0 Å². The van der Waals surface area contributed by atoms with E-state index in [2.05, 4.69) is 57.2 Å². The van der Waals surface area contributed by atoms with E-state index in [1.807, 2.05) is 19.2 Å². The van der Waals surface area contributed by atoms with Crippen molar-refractivity contribution in [2.75, 3.05) is 25.1 Å². The van der Waals surface area contributed by atoms with Gasteiger partial charge in [0, 0.05) is 35.4 Å². The van der Waals surface area contributed by atoms with Crippen LogP contribution in [0.2, 0.25) is 5.02 Å². The summed E-state index contributed by atoms with van der Waals surface area (Å²) in [5, 5.41) is 0.766. The van der Waals surface area contributed by atoms with Crippen LogP contribution < -0.4 is 4.90 Å². The Balaban J connectivity index is 1.76. The summed E-state index contributed by atoms with van der Waals surface area (Å²) in [6, 6.07) is 16.6. The maximum absolute atomic E-state index is 6.00. The number of nitrogens with zero attached hydrogens (tertiary/aromatic N) is 1. The highest BCUT2D eigenvalue weighted by Gasteiger charge is 2.36. The third-order valence-corrected chi connectivity index (χ3v) is 5.30. The molecule has 1 fully saturated rings. The van der Waals surface area contributed by atoms with Gasteiger partial charge in [-0.15, -0.1) is 0 Å². The first kappa shape index (κ1) is 15.9. The van der Waals surface area contributed by atoms with Gasteiger partial charge in [-0.05, 0) is 54.8 Å². The summed E-state index contributed by atoms with van der Waals surface area (Å²) in [7, 11) is 1.81. The zero-order valence-corrected chi connectivity index (χ0v) is 14.9. The standard InChI is InChI=1S/C18H19BrClNO/c1-22-18(14-2-6-16(20)7-3-14)10-12-21(13-11-18)17-8-4-15(19)5-9-17/h2-9H,10-13H2,1H3. The van der Waals surface area contributed by atoms with Crippen LogP contribution in [-0.2, 0) is 10.3 Å². The Kier molecular flexibility index (Phi) is 4.76. The fourth-order valence-corrected chi connectivity index (χ4v) is 3.53. The van der Waals surface area contributed by atoms with Crippen molar-refractivity contribution in [3.63, 3.8) is 0 Å². The topological polar surface area (TPSA) is 12.5 Å². The molecule has 0 saturated carbocycles. The summed E-state index contributed by atoms with van der Waals surface area (Å²) < 4.78 is 7.04. The lowest BCUT2D eigenvalue weighted by Crippen LogP contribution is -2.43. The van der Waals surface area contributed by atoms with Crippen LogP contribution in [0.1, 0.15) is 18.4 Å². The summed E-state index contributed by atoms with van der Waals surface area (Å²) >= 11 is 9.49. The van der Waals surface area contributed by atoms with Gasteiger partial charge < -0.3 is 9.64 Å². The van der Waals surface area contributed by atoms with Crippen molar-refractivity contribution in [2.45, 2.75) is 18.4 Å². The second-order valence-corrected chi connectivity index (χ2v) is 7.02. The van der Waals surface area contributed by atoms with Crippen molar-refractivity contribution in [3.8, 4) is 0 Å². The molecule has 22 heavy (non-hydrogen) atoms. The molecule has 1 heterocycles. The molecule has 0 bridgehead atoms. The average Bonchev–Trinajstić information content (AvgIpc) is 2.56. The fourth-order valence-electron chi connectivity index (χ4n) is 3.14. The molecule has 1 saturated heterocycles. The molecular formula is C18H19BrClNO. The Bertz CT molecular complexity index is 619. The van der Waals surface area contributed by atoms with E-state index in [0.717, 1.165) is 35.4 Å². The minimum absolute atomic E-state index is 0.198. The third kappa shape index (κ3) is 3.17. The predicted octanol–water partition coefficient (Wildman–Crippen LogP) is 5.24. The lowest BCUT2D eigenvalue weighted by atomic mass is 9.84. The van der Waals surface area contributed by atoms with Gasteiger partial charge in [-0.3, -0.25) is 0 Å². The molecule has 0 amide bonds. The smallest absolute Gasteiger partial charge is 0.0961 e. The molecule has 4 heteroatoms. The summed E-state index contributed by atoms with van der Waals surface area (Å²) in [5.74, 6) is 0. The minimum atomic E-state index is -0.198. The molecule has 0 atom stereocenters. The van der Waals surface area contributed by atoms with Crippen LogP contribution >= 0.6 is 27.5 Å². The molecule has 0 unspecified atom stereocenters. The minimum Gasteiger partial charge on any atom is -0.373 e. The van der Waals surface area contributed by atoms with Crippen LogP contribution in [-0.4, -0.2) is 20.2 Å². The Morgan fingerprint density at radius 2 is 1.59 bits per heavy atom. The lowest BCUT2D eigenvalue weighted by molar-refractivity contribution is -0.0346. The van der Waals surface area contributed by atoms with Crippen molar-refractivity contribution < 1.29 is 4.74 Å². The fraction of sp³-hybridized carbons (Fsp3) is 0.333. The summed E-state index contributed by atoms with van der Waals surface area (Å²) in [6.45, 7) is 1.97. The largest absolute Gasteiger partial charge is 0.373 e. The first-order chi connectivity index (χ1) is 10.6. The molecule has 0 spiro atoms. The third-order valence-electron chi connectivity index (χ3n) is 4.52. The van der Waals surface area contributed by atoms with Crippen molar-refractivity contribution in [2.24, 2.45) is 0 Å². The van der Waals surface area contributed by atoms with Gasteiger partial charge in [0.1, 0.15) is 0 Å². The molecule has 2 nitrogen and oxygen atoms in total. The zero-order chi connectivity index (χ0) is 15.6. The quantitative estimate of drug-likeness (QED) is 0.721. The van der Waals surface area contributed by atoms with Gasteiger partial charge in [-0.2, -0.15) is 0 Å². The number of hydrogen-bond donors (Lipinski definition) is 0. The van der Waals surface area contributed by atoms with Crippen molar-refractivity contribution in [3.05, 3.63) is 63.6 Å². The van der Waals surface area contributed by atoms with E-state index in [9.17, 15) is 0 Å². The van der Waals surface area contributed by atoms with Gasteiger partial charge in [-0.25, -0.2) is 0 Å². The first-order valence-corrected chi connectivity index (χ1v) is 8.62. The number of benzene rings is 2. The zero-order valence-electron chi connectivity index (χ0n) is 12.6. The molecule has 2 aromatic rings. The average molecular weight is 381 g/mol. The molecule has 0 aliphatic carbocycles. The Hall–Kier alpha value is -1.03. The molecular weight excluding hydrogens is 362 g/mol. The maximum Gasteiger partial charge on any atom is 0.0961 e. The Morgan fingerprint density at radius 1 is 1.00 bits per heavy atom. The molecule has 1 aliphatic heterocycles. The number of halogens is 2. The lowest BCUT2D eigenvalue weighted by Gasteiger charge is -2.42. The molecule has 1 aliphatic rings. The summed E-state index contributed by atoms with van der Waals surface area (Å²) in [4.78, 5) is 2.42. The van der Waals surface area contributed by atoms with Crippen LogP contribution in [0, 0.1) is 0 Å². The van der Waals surface area contributed by atoms with Gasteiger partial charge in [0.25, 0.3) is 0 Å². The summed E-state index contributed by atoms with van der Waals surface area (Å²) in [5.41, 5.74) is 2.29. The van der Waals surface area contributed by atoms with E-state index < -0.39 is 0 Å². The van der Waals surface area contributed by atoms with E-state index in [1.165, 1.54) is 11.3 Å². The van der Waals surface area contributed by atoms with Crippen molar-refractivity contribution in [1.82, 2.24) is 0 Å². The molecule has 2 aromatic carbocycles. The molecule has 0 N–H and O–H groups in total. The second kappa shape index (κ2) is 6.61. The number of anilines is 1. The van der Waals surface area contributed by atoms with Gasteiger partial charge in [0.05, 0.1) is 5.60 Å². The van der Waals surface area contributed by atoms with Crippen molar-refractivity contribution >= 4 is 33.2 Å². The Morgan fingerprint density at radius 3 is 2.14 bits per heavy atom. The molecule has 0 aromatic heterocycles. The SMILES string of the molecule is COC1(c2ccc(Cl)cc2)CCN(c2ccc(Br)cc2)CC1. The van der Waals surface area contributed by atoms with E-state index in [4.69, 9.17) is 16.3 Å². The number of rotatable bonds is 3. The van der Waals surface area contributed by atoms with Gasteiger partial charge in [0.15, 0.2) is 0 Å². The van der Waals surface area contributed by atoms with Crippen LogP contribution in [0.3, 0.4) is 0 Å². The highest BCUT2D eigenvalue weighted by Crippen LogP contribution is 2.38. The number of piperidine rings is 1. The Labute approximate surface area is 145 Å². The highest BCUT2D eigenvalue weighted by molar-refractivity contribution is 9.10. The second-order valence-electron chi connectivity index (χ2n) is 5.67. The van der Waals surface area contributed by atoms with Crippen molar-refractivity contribution in [1.29, 1.82) is 0 Å². The number of methoxy groups -OCH3 is 1. The van der Waals surface area contributed by atoms with E-state index >= 15 is 0 Å². The maximum atomic E-state index is 6.00. The van der Waals surface area contributed by atoms with Crippen LogP contribution in [0.4, 0.5) is 5.69 Å². The van der Waals surface area contributed by atoms with Crippen LogP contribution in [0.25, 0.3) is 0 Å². The predicted molar refractivity (Wildman–Crippen MR) is 95.7 cm³/mol. The van der Waals surface area contributed by atoms with Gasteiger partial charge in [-0.1, -0.05) is 39.7 Å². The molecule has 3 rings (SSSR count). The van der Waals surface area contributed by atoms with E-state index in [-0.39, 0.29) is 5.60 Å². The number of ether oxygens (including phenoxy) is 1. The van der Waals surface area contributed by atoms with Gasteiger partial charge >= 0.3 is 0 Å². The summed E-state index contributed by atoms with van der Waals surface area (Å²) in [6.07, 6.45) is 1.95. The normalized spacial score (nSPS) is 17.5. The first-order valence-electron chi connectivity index (χ1n) is 7.45.